The molecule has 7 nitrogen and oxygen atoms in total. The van der Waals surface area contributed by atoms with Crippen LogP contribution in [0, 0.1) is 0 Å². The van der Waals surface area contributed by atoms with Crippen molar-refractivity contribution in [3.8, 4) is 5.69 Å². The predicted molar refractivity (Wildman–Crippen MR) is 109 cm³/mol. The van der Waals surface area contributed by atoms with E-state index < -0.39 is 0 Å². The van der Waals surface area contributed by atoms with Crippen LogP contribution in [0.1, 0.15) is 5.56 Å². The molecule has 1 aromatic heterocycles. The fraction of sp³-hybridized carbons (Fsp3) is 0.238. The van der Waals surface area contributed by atoms with Crippen LogP contribution in [0.15, 0.2) is 67.0 Å². The van der Waals surface area contributed by atoms with E-state index in [1.165, 1.54) is 5.56 Å². The highest BCUT2D eigenvalue weighted by Crippen LogP contribution is 2.15. The maximum Gasteiger partial charge on any atom is 0.323 e. The smallest absolute Gasteiger partial charge is 0.323 e. The van der Waals surface area contributed by atoms with Crippen molar-refractivity contribution < 1.29 is 9.53 Å². The van der Waals surface area contributed by atoms with Gasteiger partial charge in [-0.25, -0.2) is 9.48 Å². The number of aromatic nitrogens is 2. The minimum absolute atomic E-state index is 0.271. The Bertz CT molecular complexity index is 886. The summed E-state index contributed by atoms with van der Waals surface area (Å²) in [5, 5.41) is 9.89. The Labute approximate surface area is 163 Å². The van der Waals surface area contributed by atoms with Gasteiger partial charge in [-0.1, -0.05) is 12.1 Å². The Morgan fingerprint density at radius 3 is 2.21 bits per heavy atom. The summed E-state index contributed by atoms with van der Waals surface area (Å²) in [6, 6.07) is 17.1. The Morgan fingerprint density at radius 1 is 0.964 bits per heavy atom. The van der Waals surface area contributed by atoms with E-state index in [4.69, 9.17) is 4.74 Å². The van der Waals surface area contributed by atoms with E-state index in [0.29, 0.717) is 0 Å². The summed E-state index contributed by atoms with van der Waals surface area (Å²) < 4.78 is 7.14. The molecule has 0 saturated carbocycles. The normalized spacial score (nSPS) is 14.6. The van der Waals surface area contributed by atoms with Gasteiger partial charge in [0.2, 0.25) is 0 Å². The molecule has 1 saturated heterocycles. The number of urea groups is 1. The van der Waals surface area contributed by atoms with E-state index >= 15 is 0 Å². The molecule has 3 aromatic rings. The van der Waals surface area contributed by atoms with Gasteiger partial charge in [0, 0.05) is 43.4 Å². The lowest BCUT2D eigenvalue weighted by Crippen LogP contribution is -2.35. The van der Waals surface area contributed by atoms with E-state index in [2.05, 4.69) is 20.6 Å². The maximum absolute atomic E-state index is 12.2. The van der Waals surface area contributed by atoms with Crippen LogP contribution in [0.2, 0.25) is 0 Å². The maximum atomic E-state index is 12.2. The first-order valence-electron chi connectivity index (χ1n) is 9.33. The number of morpholine rings is 1. The third kappa shape index (κ3) is 4.76. The fourth-order valence-electron chi connectivity index (χ4n) is 3.12. The number of anilines is 2. The van der Waals surface area contributed by atoms with E-state index in [-0.39, 0.29) is 6.03 Å². The molecular weight excluding hydrogens is 354 g/mol. The zero-order chi connectivity index (χ0) is 19.2. The third-order valence-electron chi connectivity index (χ3n) is 4.62. The molecule has 1 fully saturated rings. The van der Waals surface area contributed by atoms with Gasteiger partial charge in [-0.05, 0) is 48.0 Å². The number of hydrogen-bond donors (Lipinski definition) is 2. The lowest BCUT2D eigenvalue weighted by Gasteiger charge is -2.26. The molecule has 0 unspecified atom stereocenters. The number of carbonyl (C=O) groups is 1. The average molecular weight is 377 g/mol. The first-order valence-corrected chi connectivity index (χ1v) is 9.33. The average Bonchev–Trinajstić information content (AvgIpc) is 3.26. The Hall–Kier alpha value is -3.16. The number of nitrogens with zero attached hydrogens (tertiary/aromatic N) is 3. The largest absolute Gasteiger partial charge is 0.379 e. The second-order valence-corrected chi connectivity index (χ2v) is 6.66. The first kappa shape index (κ1) is 18.2. The van der Waals surface area contributed by atoms with Gasteiger partial charge >= 0.3 is 6.03 Å². The Morgan fingerprint density at radius 2 is 1.61 bits per heavy atom. The Kier molecular flexibility index (Phi) is 5.65. The molecule has 0 radical (unpaired) electrons. The highest BCUT2D eigenvalue weighted by molar-refractivity contribution is 5.99. The van der Waals surface area contributed by atoms with Crippen molar-refractivity contribution in [3.63, 3.8) is 0 Å². The summed E-state index contributed by atoms with van der Waals surface area (Å²) in [7, 11) is 0. The minimum Gasteiger partial charge on any atom is -0.379 e. The molecule has 0 bridgehead atoms. The van der Waals surface area contributed by atoms with E-state index in [1.54, 1.807) is 10.9 Å². The quantitative estimate of drug-likeness (QED) is 0.715. The molecule has 28 heavy (non-hydrogen) atoms. The zero-order valence-electron chi connectivity index (χ0n) is 15.5. The molecule has 1 aliphatic heterocycles. The van der Waals surface area contributed by atoms with Crippen LogP contribution in [0.3, 0.4) is 0 Å². The number of amides is 2. The molecule has 0 atom stereocenters. The summed E-state index contributed by atoms with van der Waals surface area (Å²) in [6.07, 6.45) is 3.60. The number of rotatable bonds is 5. The van der Waals surface area contributed by atoms with E-state index in [9.17, 15) is 4.79 Å². The Balaban J connectivity index is 1.29. The van der Waals surface area contributed by atoms with Gasteiger partial charge in [0.05, 0.1) is 18.9 Å². The van der Waals surface area contributed by atoms with Crippen molar-refractivity contribution >= 4 is 17.4 Å². The van der Waals surface area contributed by atoms with Crippen molar-refractivity contribution in [2.24, 2.45) is 0 Å². The number of hydrogen-bond acceptors (Lipinski definition) is 4. The molecule has 2 aromatic carbocycles. The van der Waals surface area contributed by atoms with Gasteiger partial charge in [0.25, 0.3) is 0 Å². The molecule has 2 N–H and O–H groups in total. The lowest BCUT2D eigenvalue weighted by molar-refractivity contribution is 0.0342. The molecule has 2 amide bonds. The molecule has 7 heteroatoms. The van der Waals surface area contributed by atoms with Crippen LogP contribution in [-0.2, 0) is 11.3 Å². The second kappa shape index (κ2) is 8.69. The second-order valence-electron chi connectivity index (χ2n) is 6.66. The highest BCUT2D eigenvalue weighted by Gasteiger charge is 2.10. The van der Waals surface area contributed by atoms with Crippen molar-refractivity contribution in [2.45, 2.75) is 6.54 Å². The lowest BCUT2D eigenvalue weighted by atomic mass is 10.2. The van der Waals surface area contributed by atoms with Gasteiger partial charge < -0.3 is 15.4 Å². The van der Waals surface area contributed by atoms with Crippen LogP contribution in [-0.4, -0.2) is 47.0 Å². The summed E-state index contributed by atoms with van der Waals surface area (Å²) in [4.78, 5) is 14.6. The number of benzene rings is 2. The van der Waals surface area contributed by atoms with Gasteiger partial charge in [0.1, 0.15) is 0 Å². The van der Waals surface area contributed by atoms with Crippen molar-refractivity contribution in [2.75, 3.05) is 36.9 Å². The number of ether oxygens (including phenoxy) is 1. The molecule has 4 rings (SSSR count). The van der Waals surface area contributed by atoms with E-state index in [1.807, 2.05) is 60.8 Å². The zero-order valence-corrected chi connectivity index (χ0v) is 15.5. The van der Waals surface area contributed by atoms with Crippen LogP contribution in [0.5, 0.6) is 0 Å². The highest BCUT2D eigenvalue weighted by atomic mass is 16.5. The van der Waals surface area contributed by atoms with Gasteiger partial charge in [-0.3, -0.25) is 4.90 Å². The standard InChI is InChI=1S/C21H23N5O2/c27-21(24-19-6-8-20(9-7-19)26-11-1-10-22-26)23-18-4-2-17(3-5-18)16-25-12-14-28-15-13-25/h1-11H,12-16H2,(H2,23,24,27). The van der Waals surface area contributed by atoms with Crippen LogP contribution in [0.25, 0.3) is 5.69 Å². The molecular formula is C21H23N5O2. The minimum atomic E-state index is -0.271. The van der Waals surface area contributed by atoms with Gasteiger partial charge in [0.15, 0.2) is 0 Å². The summed E-state index contributed by atoms with van der Waals surface area (Å²) in [5.41, 5.74) is 3.64. The number of nitrogens with one attached hydrogen (secondary N) is 2. The molecule has 2 heterocycles. The van der Waals surface area contributed by atoms with Crippen LogP contribution in [0.4, 0.5) is 16.2 Å². The number of carbonyl (C=O) groups excluding carboxylic acids is 1. The first-order chi connectivity index (χ1) is 13.8. The molecule has 0 spiro atoms. The SMILES string of the molecule is O=C(Nc1ccc(CN2CCOCC2)cc1)Nc1ccc(-n2cccn2)cc1. The monoisotopic (exact) mass is 377 g/mol. The third-order valence-corrected chi connectivity index (χ3v) is 4.62. The molecule has 0 aliphatic carbocycles. The molecule has 144 valence electrons. The van der Waals surface area contributed by atoms with Crippen LogP contribution < -0.4 is 10.6 Å². The summed E-state index contributed by atoms with van der Waals surface area (Å²) in [5.74, 6) is 0. The summed E-state index contributed by atoms with van der Waals surface area (Å²) >= 11 is 0. The fourth-order valence-corrected chi connectivity index (χ4v) is 3.12. The van der Waals surface area contributed by atoms with Crippen molar-refractivity contribution in [1.82, 2.24) is 14.7 Å². The van der Waals surface area contributed by atoms with Crippen molar-refractivity contribution in [1.29, 1.82) is 0 Å². The van der Waals surface area contributed by atoms with Crippen molar-refractivity contribution in [3.05, 3.63) is 72.6 Å². The summed E-state index contributed by atoms with van der Waals surface area (Å²) in [6.45, 7) is 4.41. The van der Waals surface area contributed by atoms with Crippen LogP contribution >= 0.6 is 0 Å². The predicted octanol–water partition coefficient (Wildman–Crippen LogP) is 3.35. The molecule has 1 aliphatic rings. The topological polar surface area (TPSA) is 71.4 Å². The van der Waals surface area contributed by atoms with Gasteiger partial charge in [-0.15, -0.1) is 0 Å². The van der Waals surface area contributed by atoms with Gasteiger partial charge in [-0.2, -0.15) is 5.10 Å². The van der Waals surface area contributed by atoms with E-state index in [0.717, 1.165) is 49.9 Å².